The zero-order valence-electron chi connectivity index (χ0n) is 18.5. The third-order valence-corrected chi connectivity index (χ3v) is 5.78. The zero-order chi connectivity index (χ0) is 24.2. The summed E-state index contributed by atoms with van der Waals surface area (Å²) in [5.41, 5.74) is 9.84. The number of rotatable bonds is 3. The smallest absolute Gasteiger partial charge is 0.398 e. The molecule has 34 heavy (non-hydrogen) atoms. The van der Waals surface area contributed by atoms with Crippen LogP contribution in [0, 0.1) is 20.8 Å². The van der Waals surface area contributed by atoms with Gasteiger partial charge in [0, 0.05) is 22.9 Å². The zero-order valence-corrected chi connectivity index (χ0v) is 18.5. The lowest BCUT2D eigenvalue weighted by Gasteiger charge is -2.11. The standard InChI is InChI=1S/C24H19F3N6O/c1-12-7-8-15(9-13(12)2)18-10-20(24(25,26)27)33-21(29-18)11-19(31-33)23-30-22(32-34-23)16-5-4-6-17(28)14(16)3/h4-11H,28H2,1-3H3. The monoisotopic (exact) mass is 464 g/mol. The molecule has 172 valence electrons. The number of benzene rings is 2. The second kappa shape index (κ2) is 7.68. The summed E-state index contributed by atoms with van der Waals surface area (Å²) < 4.78 is 47.8. The van der Waals surface area contributed by atoms with Crippen LogP contribution in [0.4, 0.5) is 18.9 Å². The van der Waals surface area contributed by atoms with Crippen LogP contribution in [0.25, 0.3) is 39.9 Å². The molecule has 5 rings (SSSR count). The molecule has 0 saturated heterocycles. The van der Waals surface area contributed by atoms with Crippen LogP contribution in [0.15, 0.2) is 53.1 Å². The Kier molecular flexibility index (Phi) is 4.89. The summed E-state index contributed by atoms with van der Waals surface area (Å²) in [4.78, 5) is 8.74. The predicted octanol–water partition coefficient (Wildman–Crippen LogP) is 5.64. The fraction of sp³-hybridized carbons (Fsp3) is 0.167. The van der Waals surface area contributed by atoms with Gasteiger partial charge in [0.25, 0.3) is 5.89 Å². The minimum Gasteiger partial charge on any atom is -0.398 e. The number of nitrogens with zero attached hydrogens (tertiary/aromatic N) is 5. The molecule has 7 nitrogen and oxygen atoms in total. The average Bonchev–Trinajstić information content (AvgIpc) is 3.43. The summed E-state index contributed by atoms with van der Waals surface area (Å²) in [5.74, 6) is 0.236. The van der Waals surface area contributed by atoms with Crippen molar-refractivity contribution in [3.63, 3.8) is 0 Å². The Morgan fingerprint density at radius 3 is 2.44 bits per heavy atom. The molecule has 2 N–H and O–H groups in total. The molecule has 5 aromatic rings. The third-order valence-electron chi connectivity index (χ3n) is 5.78. The van der Waals surface area contributed by atoms with Crippen molar-refractivity contribution in [1.29, 1.82) is 0 Å². The van der Waals surface area contributed by atoms with Crippen LogP contribution >= 0.6 is 0 Å². The Balaban J connectivity index is 1.64. The van der Waals surface area contributed by atoms with Gasteiger partial charge in [-0.15, -0.1) is 0 Å². The van der Waals surface area contributed by atoms with Crippen LogP contribution in [0.5, 0.6) is 0 Å². The van der Waals surface area contributed by atoms with Gasteiger partial charge in [-0.1, -0.05) is 29.4 Å². The van der Waals surface area contributed by atoms with Crippen LogP contribution < -0.4 is 5.73 Å². The van der Waals surface area contributed by atoms with Crippen LogP contribution in [0.3, 0.4) is 0 Å². The SMILES string of the molecule is Cc1ccc(-c2cc(C(F)(F)F)n3nc(-c4nc(-c5cccc(N)c5C)no4)cc3n2)cc1C. The van der Waals surface area contributed by atoms with Crippen LogP contribution in [-0.2, 0) is 6.18 Å². The molecule has 0 bridgehead atoms. The van der Waals surface area contributed by atoms with Crippen molar-refractivity contribution in [1.82, 2.24) is 24.7 Å². The number of hydrogen-bond donors (Lipinski definition) is 1. The summed E-state index contributed by atoms with van der Waals surface area (Å²) >= 11 is 0. The number of fused-ring (bicyclic) bond motifs is 1. The van der Waals surface area contributed by atoms with E-state index in [0.717, 1.165) is 27.3 Å². The molecular weight excluding hydrogens is 445 g/mol. The largest absolute Gasteiger partial charge is 0.433 e. The normalized spacial score (nSPS) is 11.9. The lowest BCUT2D eigenvalue weighted by Crippen LogP contribution is -2.13. The molecule has 0 atom stereocenters. The highest BCUT2D eigenvalue weighted by Gasteiger charge is 2.35. The molecule has 0 fully saturated rings. The van der Waals surface area contributed by atoms with Crippen LogP contribution in [0.2, 0.25) is 0 Å². The highest BCUT2D eigenvalue weighted by molar-refractivity contribution is 5.70. The van der Waals surface area contributed by atoms with E-state index in [1.165, 1.54) is 6.07 Å². The fourth-order valence-corrected chi connectivity index (χ4v) is 3.66. The molecule has 10 heteroatoms. The minimum absolute atomic E-state index is 0.0120. The van der Waals surface area contributed by atoms with E-state index >= 15 is 0 Å². The Labute approximate surface area is 192 Å². The maximum absolute atomic E-state index is 13.9. The number of aromatic nitrogens is 5. The van der Waals surface area contributed by atoms with E-state index in [1.54, 1.807) is 24.3 Å². The lowest BCUT2D eigenvalue weighted by molar-refractivity contribution is -0.142. The fourth-order valence-electron chi connectivity index (χ4n) is 3.66. The van der Waals surface area contributed by atoms with Crippen molar-refractivity contribution < 1.29 is 17.7 Å². The summed E-state index contributed by atoms with van der Waals surface area (Å²) in [5, 5.41) is 8.03. The van der Waals surface area contributed by atoms with E-state index in [-0.39, 0.29) is 28.8 Å². The summed E-state index contributed by atoms with van der Waals surface area (Å²) in [6, 6.07) is 13.1. The highest BCUT2D eigenvalue weighted by Crippen LogP contribution is 2.34. The molecule has 0 aliphatic carbocycles. The van der Waals surface area contributed by atoms with Gasteiger partial charge in [0.05, 0.1) is 5.69 Å². The molecule has 0 spiro atoms. The third kappa shape index (κ3) is 3.66. The Morgan fingerprint density at radius 2 is 1.71 bits per heavy atom. The number of alkyl halides is 3. The predicted molar refractivity (Wildman–Crippen MR) is 121 cm³/mol. The topological polar surface area (TPSA) is 95.1 Å². The van der Waals surface area contributed by atoms with Crippen molar-refractivity contribution in [3.8, 4) is 34.2 Å². The summed E-state index contributed by atoms with van der Waals surface area (Å²) in [6.45, 7) is 5.65. The first-order valence-corrected chi connectivity index (χ1v) is 10.4. The minimum atomic E-state index is -4.66. The Bertz CT molecular complexity index is 1550. The maximum Gasteiger partial charge on any atom is 0.433 e. The Hall–Kier alpha value is -4.21. The number of anilines is 1. The first-order chi connectivity index (χ1) is 16.1. The van der Waals surface area contributed by atoms with E-state index in [1.807, 2.05) is 32.9 Å². The quantitative estimate of drug-likeness (QED) is 0.347. The number of nitrogen functional groups attached to an aromatic ring is 1. The number of halogens is 3. The van der Waals surface area contributed by atoms with Gasteiger partial charge >= 0.3 is 6.18 Å². The number of nitrogens with two attached hydrogens (primary N) is 1. The molecule has 2 aromatic carbocycles. The van der Waals surface area contributed by atoms with Gasteiger partial charge in [0.15, 0.2) is 17.0 Å². The van der Waals surface area contributed by atoms with Gasteiger partial charge in [-0.25, -0.2) is 9.50 Å². The van der Waals surface area contributed by atoms with E-state index in [9.17, 15) is 13.2 Å². The molecule has 0 unspecified atom stereocenters. The summed E-state index contributed by atoms with van der Waals surface area (Å²) in [6.07, 6.45) is -4.66. The molecular formula is C24H19F3N6O. The van der Waals surface area contributed by atoms with Gasteiger partial charge in [0.1, 0.15) is 0 Å². The lowest BCUT2D eigenvalue weighted by atomic mass is 10.0. The summed E-state index contributed by atoms with van der Waals surface area (Å²) in [7, 11) is 0. The van der Waals surface area contributed by atoms with Crippen molar-refractivity contribution in [2.45, 2.75) is 26.9 Å². The Morgan fingerprint density at radius 1 is 0.912 bits per heavy atom. The maximum atomic E-state index is 13.9. The average molecular weight is 464 g/mol. The van der Waals surface area contributed by atoms with E-state index < -0.39 is 11.9 Å². The van der Waals surface area contributed by atoms with Crippen molar-refractivity contribution in [3.05, 3.63) is 70.9 Å². The number of hydrogen-bond acceptors (Lipinski definition) is 6. The van der Waals surface area contributed by atoms with E-state index in [2.05, 4.69) is 20.2 Å². The number of aryl methyl sites for hydroxylation is 2. The van der Waals surface area contributed by atoms with E-state index in [0.29, 0.717) is 16.8 Å². The van der Waals surface area contributed by atoms with E-state index in [4.69, 9.17) is 10.3 Å². The van der Waals surface area contributed by atoms with Crippen molar-refractivity contribution in [2.24, 2.45) is 0 Å². The second-order valence-electron chi connectivity index (χ2n) is 8.07. The van der Waals surface area contributed by atoms with Crippen molar-refractivity contribution >= 4 is 11.3 Å². The van der Waals surface area contributed by atoms with Gasteiger partial charge in [-0.05, 0) is 55.7 Å². The highest BCUT2D eigenvalue weighted by atomic mass is 19.4. The molecule has 3 aromatic heterocycles. The molecule has 0 amide bonds. The second-order valence-corrected chi connectivity index (χ2v) is 8.07. The van der Waals surface area contributed by atoms with Gasteiger partial charge in [-0.3, -0.25) is 0 Å². The molecule has 0 aliphatic heterocycles. The van der Waals surface area contributed by atoms with Crippen LogP contribution in [-0.4, -0.2) is 24.7 Å². The molecule has 0 aliphatic rings. The van der Waals surface area contributed by atoms with Crippen LogP contribution in [0.1, 0.15) is 22.4 Å². The molecule has 3 heterocycles. The van der Waals surface area contributed by atoms with Crippen molar-refractivity contribution in [2.75, 3.05) is 5.73 Å². The first-order valence-electron chi connectivity index (χ1n) is 10.4. The first kappa shape index (κ1) is 21.6. The van der Waals surface area contributed by atoms with Gasteiger partial charge in [-0.2, -0.15) is 23.3 Å². The van der Waals surface area contributed by atoms with Gasteiger partial charge in [0.2, 0.25) is 5.82 Å². The molecule has 0 saturated carbocycles. The molecule has 0 radical (unpaired) electrons. The van der Waals surface area contributed by atoms with Gasteiger partial charge < -0.3 is 10.3 Å².